The van der Waals surface area contributed by atoms with Crippen LogP contribution in [0.4, 0.5) is 10.5 Å². The molecule has 3 N–H and O–H groups in total. The first-order valence-electron chi connectivity index (χ1n) is 6.25. The van der Waals surface area contributed by atoms with E-state index in [0.717, 1.165) is 5.56 Å². The van der Waals surface area contributed by atoms with Gasteiger partial charge in [-0.3, -0.25) is 0 Å². The van der Waals surface area contributed by atoms with Crippen molar-refractivity contribution < 1.29 is 14.7 Å². The van der Waals surface area contributed by atoms with E-state index in [0.29, 0.717) is 12.1 Å². The van der Waals surface area contributed by atoms with Crippen molar-refractivity contribution in [3.8, 4) is 0 Å². The van der Waals surface area contributed by atoms with Gasteiger partial charge < -0.3 is 15.7 Å². The molecule has 0 heterocycles. The molecule has 5 heteroatoms. The van der Waals surface area contributed by atoms with Gasteiger partial charge in [-0.05, 0) is 37.0 Å². The number of hydrogen-bond acceptors (Lipinski definition) is 2. The lowest BCUT2D eigenvalue weighted by molar-refractivity contribution is -0.139. The van der Waals surface area contributed by atoms with Crippen LogP contribution in [0.25, 0.3) is 0 Å². The number of nitrogens with one attached hydrogen (secondary N) is 2. The van der Waals surface area contributed by atoms with Crippen molar-refractivity contribution in [1.82, 2.24) is 5.32 Å². The van der Waals surface area contributed by atoms with Gasteiger partial charge in [-0.1, -0.05) is 26.0 Å². The number of anilines is 1. The van der Waals surface area contributed by atoms with Gasteiger partial charge >= 0.3 is 12.0 Å². The van der Waals surface area contributed by atoms with Crippen LogP contribution in [-0.2, 0) is 4.79 Å². The fourth-order valence-electron chi connectivity index (χ4n) is 1.74. The molecule has 2 amide bonds. The predicted molar refractivity (Wildman–Crippen MR) is 74.2 cm³/mol. The van der Waals surface area contributed by atoms with Crippen LogP contribution in [-0.4, -0.2) is 23.1 Å². The van der Waals surface area contributed by atoms with Gasteiger partial charge in [0, 0.05) is 5.69 Å². The van der Waals surface area contributed by atoms with Crippen LogP contribution in [0.3, 0.4) is 0 Å². The Labute approximate surface area is 113 Å². The largest absolute Gasteiger partial charge is 0.480 e. The molecule has 1 unspecified atom stereocenters. The van der Waals surface area contributed by atoms with E-state index in [1.54, 1.807) is 6.07 Å². The van der Waals surface area contributed by atoms with Gasteiger partial charge in [-0.15, -0.1) is 0 Å². The van der Waals surface area contributed by atoms with E-state index in [1.165, 1.54) is 0 Å². The molecule has 0 aliphatic rings. The van der Waals surface area contributed by atoms with Gasteiger partial charge in [0.1, 0.15) is 6.04 Å². The van der Waals surface area contributed by atoms with Gasteiger partial charge in [0.05, 0.1) is 0 Å². The number of aliphatic carboxylic acids is 1. The number of amides is 2. The van der Waals surface area contributed by atoms with E-state index >= 15 is 0 Å². The fraction of sp³-hybridized carbons (Fsp3) is 0.429. The van der Waals surface area contributed by atoms with Crippen molar-refractivity contribution in [3.63, 3.8) is 0 Å². The van der Waals surface area contributed by atoms with Crippen LogP contribution in [0.15, 0.2) is 24.3 Å². The molecule has 0 fully saturated rings. The summed E-state index contributed by atoms with van der Waals surface area (Å²) in [7, 11) is 0. The minimum absolute atomic E-state index is 0.195. The summed E-state index contributed by atoms with van der Waals surface area (Å²) in [6, 6.07) is 5.95. The number of urea groups is 1. The van der Waals surface area contributed by atoms with E-state index in [4.69, 9.17) is 5.11 Å². The number of carbonyl (C=O) groups excluding carboxylic acids is 1. The Kier molecular flexibility index (Phi) is 5.36. The third-order valence-corrected chi connectivity index (χ3v) is 2.59. The van der Waals surface area contributed by atoms with Crippen LogP contribution >= 0.6 is 0 Å². The second-order valence-corrected chi connectivity index (χ2v) is 4.99. The summed E-state index contributed by atoms with van der Waals surface area (Å²) in [6.45, 7) is 5.74. The highest BCUT2D eigenvalue weighted by Crippen LogP contribution is 2.10. The van der Waals surface area contributed by atoms with Gasteiger partial charge in [-0.25, -0.2) is 9.59 Å². The van der Waals surface area contributed by atoms with Gasteiger partial charge in [0.2, 0.25) is 0 Å². The topological polar surface area (TPSA) is 78.4 Å². The standard InChI is InChI=1S/C14H20N2O3/c1-9(2)7-12(13(17)18)16-14(19)15-11-6-4-5-10(3)8-11/h4-6,8-9,12H,7H2,1-3H3,(H,17,18)(H2,15,16,19). The molecule has 1 aromatic rings. The zero-order chi connectivity index (χ0) is 14.4. The Morgan fingerprint density at radius 2 is 2.00 bits per heavy atom. The van der Waals surface area contributed by atoms with Crippen molar-refractivity contribution in [1.29, 1.82) is 0 Å². The first kappa shape index (κ1) is 15.0. The lowest BCUT2D eigenvalue weighted by atomic mass is 10.0. The molecule has 1 rings (SSSR count). The Bertz CT molecular complexity index is 458. The van der Waals surface area contributed by atoms with Crippen molar-refractivity contribution in [2.24, 2.45) is 5.92 Å². The summed E-state index contributed by atoms with van der Waals surface area (Å²) in [5.41, 5.74) is 1.67. The molecule has 1 atom stereocenters. The van der Waals surface area contributed by atoms with Crippen LogP contribution in [0.2, 0.25) is 0 Å². The summed E-state index contributed by atoms with van der Waals surface area (Å²) in [5, 5.41) is 14.1. The Morgan fingerprint density at radius 1 is 1.32 bits per heavy atom. The average molecular weight is 264 g/mol. The summed E-state index contributed by atoms with van der Waals surface area (Å²) in [4.78, 5) is 22.8. The smallest absolute Gasteiger partial charge is 0.326 e. The SMILES string of the molecule is Cc1cccc(NC(=O)NC(CC(C)C)C(=O)O)c1. The first-order valence-corrected chi connectivity index (χ1v) is 6.25. The fourth-order valence-corrected chi connectivity index (χ4v) is 1.74. The van der Waals surface area contributed by atoms with E-state index in [2.05, 4.69) is 10.6 Å². The number of benzene rings is 1. The van der Waals surface area contributed by atoms with Crippen molar-refractivity contribution in [2.45, 2.75) is 33.2 Å². The molecule has 1 aromatic carbocycles. The third kappa shape index (κ3) is 5.42. The zero-order valence-electron chi connectivity index (χ0n) is 11.4. The maximum atomic E-state index is 11.7. The second-order valence-electron chi connectivity index (χ2n) is 4.99. The minimum atomic E-state index is -1.02. The van der Waals surface area contributed by atoms with Gasteiger partial charge in [0.15, 0.2) is 0 Å². The monoisotopic (exact) mass is 264 g/mol. The molecule has 5 nitrogen and oxygen atoms in total. The van der Waals surface area contributed by atoms with Gasteiger partial charge in [0.25, 0.3) is 0 Å². The Morgan fingerprint density at radius 3 is 2.53 bits per heavy atom. The van der Waals surface area contributed by atoms with Crippen LogP contribution < -0.4 is 10.6 Å². The summed E-state index contributed by atoms with van der Waals surface area (Å²) in [5.74, 6) is -0.825. The maximum absolute atomic E-state index is 11.7. The number of carboxylic acid groups (broad SMARTS) is 1. The van der Waals surface area contributed by atoms with Gasteiger partial charge in [-0.2, -0.15) is 0 Å². The number of carbonyl (C=O) groups is 2. The normalized spacial score (nSPS) is 12.0. The molecule has 0 aromatic heterocycles. The zero-order valence-corrected chi connectivity index (χ0v) is 11.4. The lowest BCUT2D eigenvalue weighted by Gasteiger charge is -2.17. The van der Waals surface area contributed by atoms with Crippen molar-refractivity contribution in [2.75, 3.05) is 5.32 Å². The number of aryl methyl sites for hydroxylation is 1. The van der Waals surface area contributed by atoms with E-state index in [1.807, 2.05) is 39.0 Å². The van der Waals surface area contributed by atoms with Crippen molar-refractivity contribution in [3.05, 3.63) is 29.8 Å². The summed E-state index contributed by atoms with van der Waals surface area (Å²) < 4.78 is 0. The van der Waals surface area contributed by atoms with Crippen LogP contribution in [0.5, 0.6) is 0 Å². The Balaban J connectivity index is 2.60. The second kappa shape index (κ2) is 6.78. The molecule has 19 heavy (non-hydrogen) atoms. The predicted octanol–water partition coefficient (Wildman–Crippen LogP) is 2.62. The molecule has 0 spiro atoms. The number of carboxylic acids is 1. The van der Waals surface area contributed by atoms with Crippen molar-refractivity contribution >= 4 is 17.7 Å². The van der Waals surface area contributed by atoms with E-state index in [-0.39, 0.29) is 5.92 Å². The molecule has 0 aliphatic carbocycles. The summed E-state index contributed by atoms with van der Waals surface area (Å²) in [6.07, 6.45) is 0.399. The van der Waals surface area contributed by atoms with Crippen LogP contribution in [0, 0.1) is 12.8 Å². The number of rotatable bonds is 5. The van der Waals surface area contributed by atoms with Crippen LogP contribution in [0.1, 0.15) is 25.8 Å². The highest BCUT2D eigenvalue weighted by Gasteiger charge is 2.20. The first-order chi connectivity index (χ1) is 8.88. The third-order valence-electron chi connectivity index (χ3n) is 2.59. The lowest BCUT2D eigenvalue weighted by Crippen LogP contribution is -2.43. The molecule has 0 saturated carbocycles. The summed E-state index contributed by atoms with van der Waals surface area (Å²) >= 11 is 0. The molecule has 0 radical (unpaired) electrons. The number of hydrogen-bond donors (Lipinski definition) is 3. The molecular weight excluding hydrogens is 244 g/mol. The molecule has 0 saturated heterocycles. The quantitative estimate of drug-likeness (QED) is 0.765. The average Bonchev–Trinajstić information content (AvgIpc) is 2.27. The molecule has 0 aliphatic heterocycles. The molecule has 104 valence electrons. The van der Waals surface area contributed by atoms with E-state index in [9.17, 15) is 9.59 Å². The van der Waals surface area contributed by atoms with E-state index < -0.39 is 18.0 Å². The minimum Gasteiger partial charge on any atom is -0.480 e. The highest BCUT2D eigenvalue weighted by molar-refractivity contribution is 5.92. The molecule has 0 bridgehead atoms. The highest BCUT2D eigenvalue weighted by atomic mass is 16.4. The maximum Gasteiger partial charge on any atom is 0.326 e. The Hall–Kier alpha value is -2.04. The molecular formula is C14H20N2O3.